The van der Waals surface area contributed by atoms with Gasteiger partial charge in [-0.25, -0.2) is 13.1 Å². The Morgan fingerprint density at radius 3 is 2.50 bits per heavy atom. The van der Waals surface area contributed by atoms with E-state index in [-0.39, 0.29) is 27.9 Å². The molecule has 7 heteroatoms. The molecular weight excluding hydrogens is 298 g/mol. The first-order valence-electron chi connectivity index (χ1n) is 6.10. The van der Waals surface area contributed by atoms with Gasteiger partial charge in [0, 0.05) is 12.1 Å². The van der Waals surface area contributed by atoms with Crippen molar-refractivity contribution < 1.29 is 8.42 Å². The Morgan fingerprint density at radius 1 is 1.50 bits per heavy atom. The fourth-order valence-corrected chi connectivity index (χ4v) is 3.37. The SMILES string of the molecule is CC(C)C(C)(CN)NS(=O)(=O)c1ccc(C#N)c(Cl)c1. The molecule has 5 nitrogen and oxygen atoms in total. The summed E-state index contributed by atoms with van der Waals surface area (Å²) in [7, 11) is -3.75. The van der Waals surface area contributed by atoms with E-state index < -0.39 is 15.6 Å². The van der Waals surface area contributed by atoms with E-state index in [0.717, 1.165) is 0 Å². The summed E-state index contributed by atoms with van der Waals surface area (Å²) in [6.07, 6.45) is 0. The second-order valence-corrected chi connectivity index (χ2v) is 7.22. The number of nitrogens with zero attached hydrogens (tertiary/aromatic N) is 1. The minimum absolute atomic E-state index is 0.0156. The minimum atomic E-state index is -3.75. The first-order valence-corrected chi connectivity index (χ1v) is 7.96. The maximum Gasteiger partial charge on any atom is 0.241 e. The minimum Gasteiger partial charge on any atom is -0.329 e. The summed E-state index contributed by atoms with van der Waals surface area (Å²) < 4.78 is 27.3. The lowest BCUT2D eigenvalue weighted by Gasteiger charge is -2.33. The van der Waals surface area contributed by atoms with Crippen LogP contribution in [0.25, 0.3) is 0 Å². The number of halogens is 1. The number of nitrogens with one attached hydrogen (secondary N) is 1. The van der Waals surface area contributed by atoms with E-state index >= 15 is 0 Å². The van der Waals surface area contributed by atoms with Gasteiger partial charge in [-0.15, -0.1) is 0 Å². The van der Waals surface area contributed by atoms with Crippen molar-refractivity contribution in [1.82, 2.24) is 4.72 Å². The summed E-state index contributed by atoms with van der Waals surface area (Å²) in [4.78, 5) is 0.0156. The number of hydrogen-bond acceptors (Lipinski definition) is 4. The van der Waals surface area contributed by atoms with Crippen LogP contribution in [0.2, 0.25) is 5.02 Å². The van der Waals surface area contributed by atoms with Crippen molar-refractivity contribution in [2.45, 2.75) is 31.2 Å². The molecule has 0 heterocycles. The summed E-state index contributed by atoms with van der Waals surface area (Å²) in [5, 5.41) is 8.90. The monoisotopic (exact) mass is 315 g/mol. The molecule has 0 aliphatic carbocycles. The van der Waals surface area contributed by atoms with Crippen molar-refractivity contribution in [3.8, 4) is 6.07 Å². The Hall–Kier alpha value is -1.13. The number of benzene rings is 1. The second-order valence-electron chi connectivity index (χ2n) is 5.14. The zero-order valence-electron chi connectivity index (χ0n) is 11.6. The van der Waals surface area contributed by atoms with Gasteiger partial charge in [-0.2, -0.15) is 5.26 Å². The predicted octanol–water partition coefficient (Wildman–Crippen LogP) is 1.86. The molecule has 1 rings (SSSR count). The molecule has 0 bridgehead atoms. The fraction of sp³-hybridized carbons (Fsp3) is 0.462. The lowest BCUT2D eigenvalue weighted by Crippen LogP contribution is -2.54. The Kier molecular flexibility index (Phi) is 5.16. The predicted molar refractivity (Wildman–Crippen MR) is 78.8 cm³/mol. The molecule has 0 aliphatic rings. The fourth-order valence-electron chi connectivity index (χ4n) is 1.51. The summed E-state index contributed by atoms with van der Waals surface area (Å²) in [5.74, 6) is 0.0242. The third-order valence-corrected chi connectivity index (χ3v) is 5.36. The van der Waals surface area contributed by atoms with Crippen LogP contribution in [0.4, 0.5) is 0 Å². The number of nitriles is 1. The molecule has 0 fully saturated rings. The van der Waals surface area contributed by atoms with E-state index in [9.17, 15) is 8.42 Å². The number of rotatable bonds is 5. The lowest BCUT2D eigenvalue weighted by molar-refractivity contribution is 0.315. The third-order valence-electron chi connectivity index (χ3n) is 3.44. The van der Waals surface area contributed by atoms with Crippen molar-refractivity contribution in [2.75, 3.05) is 6.54 Å². The van der Waals surface area contributed by atoms with Gasteiger partial charge in [0.15, 0.2) is 0 Å². The Bertz CT molecular complexity index is 638. The molecular formula is C13H18ClN3O2S. The third kappa shape index (κ3) is 3.49. The molecule has 0 aliphatic heterocycles. The maximum absolute atomic E-state index is 12.4. The molecule has 20 heavy (non-hydrogen) atoms. The van der Waals surface area contributed by atoms with Gasteiger partial charge in [-0.1, -0.05) is 25.4 Å². The van der Waals surface area contributed by atoms with Gasteiger partial charge in [0.25, 0.3) is 0 Å². The molecule has 1 aromatic carbocycles. The van der Waals surface area contributed by atoms with Crippen molar-refractivity contribution in [3.63, 3.8) is 0 Å². The van der Waals surface area contributed by atoms with Crippen molar-refractivity contribution in [2.24, 2.45) is 11.7 Å². The van der Waals surface area contributed by atoms with Crippen LogP contribution >= 0.6 is 11.6 Å². The lowest BCUT2D eigenvalue weighted by atomic mass is 9.90. The van der Waals surface area contributed by atoms with Crippen LogP contribution < -0.4 is 10.5 Å². The molecule has 0 amide bonds. The van der Waals surface area contributed by atoms with Gasteiger partial charge < -0.3 is 5.73 Å². The summed E-state index contributed by atoms with van der Waals surface area (Å²) in [6.45, 7) is 5.71. The van der Waals surface area contributed by atoms with E-state index in [1.165, 1.54) is 18.2 Å². The molecule has 1 aromatic rings. The summed E-state index contributed by atoms with van der Waals surface area (Å²) in [6, 6.07) is 5.88. The van der Waals surface area contributed by atoms with E-state index in [0.29, 0.717) is 0 Å². The van der Waals surface area contributed by atoms with Crippen LogP contribution in [0.5, 0.6) is 0 Å². The molecule has 1 unspecified atom stereocenters. The molecule has 0 radical (unpaired) electrons. The average molecular weight is 316 g/mol. The van der Waals surface area contributed by atoms with Gasteiger partial charge in [-0.3, -0.25) is 0 Å². The van der Waals surface area contributed by atoms with Crippen LogP contribution in [0.3, 0.4) is 0 Å². The molecule has 0 saturated heterocycles. The number of hydrogen-bond donors (Lipinski definition) is 2. The normalized spacial score (nSPS) is 14.8. The van der Waals surface area contributed by atoms with Crippen LogP contribution in [-0.4, -0.2) is 20.5 Å². The molecule has 0 spiro atoms. The smallest absolute Gasteiger partial charge is 0.241 e. The van der Waals surface area contributed by atoms with Gasteiger partial charge in [0.1, 0.15) is 6.07 Å². The molecule has 1 atom stereocenters. The summed E-state index contributed by atoms with van der Waals surface area (Å²) >= 11 is 5.86. The Balaban J connectivity index is 3.19. The van der Waals surface area contributed by atoms with Gasteiger partial charge in [0.05, 0.1) is 15.5 Å². The highest BCUT2D eigenvalue weighted by molar-refractivity contribution is 7.89. The zero-order chi connectivity index (χ0) is 15.6. The highest BCUT2D eigenvalue weighted by Crippen LogP contribution is 2.23. The Labute approximate surface area is 124 Å². The van der Waals surface area contributed by atoms with Gasteiger partial charge in [0.2, 0.25) is 10.0 Å². The average Bonchev–Trinajstić information content (AvgIpc) is 2.37. The van der Waals surface area contributed by atoms with E-state index in [1.54, 1.807) is 6.92 Å². The molecule has 3 N–H and O–H groups in total. The zero-order valence-corrected chi connectivity index (χ0v) is 13.2. The summed E-state index contributed by atoms with van der Waals surface area (Å²) in [5.41, 5.74) is 5.15. The first-order chi connectivity index (χ1) is 9.16. The van der Waals surface area contributed by atoms with Gasteiger partial charge >= 0.3 is 0 Å². The molecule has 0 saturated carbocycles. The highest BCUT2D eigenvalue weighted by atomic mass is 35.5. The van der Waals surface area contributed by atoms with Crippen LogP contribution in [0.15, 0.2) is 23.1 Å². The van der Waals surface area contributed by atoms with E-state index in [2.05, 4.69) is 4.72 Å². The van der Waals surface area contributed by atoms with E-state index in [4.69, 9.17) is 22.6 Å². The van der Waals surface area contributed by atoms with Crippen LogP contribution in [-0.2, 0) is 10.0 Å². The standard InChI is InChI=1S/C13H18ClN3O2S/c1-9(2)13(3,8-16)17-20(18,19)11-5-4-10(7-15)12(14)6-11/h4-6,9,17H,8,16H2,1-3H3. The van der Waals surface area contributed by atoms with Crippen LogP contribution in [0, 0.1) is 17.2 Å². The van der Waals surface area contributed by atoms with Gasteiger partial charge in [-0.05, 0) is 31.0 Å². The van der Waals surface area contributed by atoms with Crippen LogP contribution in [0.1, 0.15) is 26.3 Å². The van der Waals surface area contributed by atoms with Crippen molar-refractivity contribution in [3.05, 3.63) is 28.8 Å². The quantitative estimate of drug-likeness (QED) is 0.866. The maximum atomic E-state index is 12.4. The van der Waals surface area contributed by atoms with Crippen molar-refractivity contribution >= 4 is 21.6 Å². The largest absolute Gasteiger partial charge is 0.329 e. The second kappa shape index (κ2) is 6.10. The number of nitrogens with two attached hydrogens (primary N) is 1. The van der Waals surface area contributed by atoms with E-state index in [1.807, 2.05) is 19.9 Å². The topological polar surface area (TPSA) is 96.0 Å². The number of sulfonamides is 1. The Morgan fingerprint density at radius 2 is 2.10 bits per heavy atom. The first kappa shape index (κ1) is 16.9. The molecule has 110 valence electrons. The highest BCUT2D eigenvalue weighted by Gasteiger charge is 2.32. The molecule has 0 aromatic heterocycles. The van der Waals surface area contributed by atoms with Crippen molar-refractivity contribution in [1.29, 1.82) is 5.26 Å².